The van der Waals surface area contributed by atoms with Crippen molar-refractivity contribution in [1.82, 2.24) is 25.2 Å². The van der Waals surface area contributed by atoms with Crippen LogP contribution in [0.1, 0.15) is 18.2 Å². The van der Waals surface area contributed by atoms with E-state index in [1.165, 1.54) is 0 Å². The Morgan fingerprint density at radius 2 is 2.00 bits per heavy atom. The van der Waals surface area contributed by atoms with E-state index in [-0.39, 0.29) is 0 Å². The van der Waals surface area contributed by atoms with E-state index in [2.05, 4.69) is 25.2 Å². The number of carbonyl (C=O) groups excluding carboxylic acids is 1. The molecule has 3 unspecified atom stereocenters. The van der Waals surface area contributed by atoms with Crippen LogP contribution >= 0.6 is 11.6 Å². The second kappa shape index (κ2) is 8.18. The van der Waals surface area contributed by atoms with Crippen molar-refractivity contribution < 1.29 is 9.90 Å². The van der Waals surface area contributed by atoms with E-state index in [0.717, 1.165) is 18.7 Å². The third-order valence-corrected chi connectivity index (χ3v) is 5.36. The highest BCUT2D eigenvalue weighted by Crippen LogP contribution is 2.45. The number of rotatable bonds is 6. The fraction of sp³-hybridized carbons (Fsp3) is 0.444. The number of hydrogen-bond donors (Lipinski definition) is 2. The van der Waals surface area contributed by atoms with E-state index in [9.17, 15) is 9.90 Å². The summed E-state index contributed by atoms with van der Waals surface area (Å²) in [6.07, 6.45) is 7.50. The van der Waals surface area contributed by atoms with Crippen molar-refractivity contribution in [3.8, 4) is 0 Å². The van der Waals surface area contributed by atoms with Crippen LogP contribution in [0.2, 0.25) is 5.02 Å². The molecule has 0 aliphatic carbocycles. The Balaban J connectivity index is 2.30. The molecule has 1 aliphatic rings. The van der Waals surface area contributed by atoms with Crippen LogP contribution in [0.25, 0.3) is 0 Å². The van der Waals surface area contributed by atoms with Gasteiger partial charge in [0, 0.05) is 62.4 Å². The molecule has 0 radical (unpaired) electrons. The topological polar surface area (TPSA) is 91.2 Å². The first-order chi connectivity index (χ1) is 12.6. The maximum Gasteiger partial charge on any atom is 0.148 e. The number of aromatic nitrogens is 3. The second-order valence-corrected chi connectivity index (χ2v) is 6.77. The highest BCUT2D eigenvalue weighted by molar-refractivity contribution is 6.31. The predicted octanol–water partition coefficient (Wildman–Crippen LogP) is 0.870. The number of aliphatic hydroxyl groups is 1. The molecule has 0 saturated carbocycles. The monoisotopic (exact) mass is 375 g/mol. The molecule has 1 fully saturated rings. The molecule has 2 N–H and O–H groups in total. The van der Waals surface area contributed by atoms with Gasteiger partial charge in [0.2, 0.25) is 0 Å². The number of carbonyl (C=O) groups is 1. The molecule has 3 atom stereocenters. The van der Waals surface area contributed by atoms with E-state index in [0.29, 0.717) is 30.1 Å². The molecule has 3 rings (SSSR count). The Hall–Kier alpha value is -1.93. The van der Waals surface area contributed by atoms with E-state index in [1.54, 1.807) is 31.0 Å². The highest BCUT2D eigenvalue weighted by atomic mass is 35.5. The third kappa shape index (κ3) is 3.23. The number of aliphatic hydroxyl groups excluding tert-OH is 1. The van der Waals surface area contributed by atoms with Crippen LogP contribution in [0.4, 0.5) is 0 Å². The van der Waals surface area contributed by atoms with Gasteiger partial charge in [0.05, 0.1) is 22.5 Å². The van der Waals surface area contributed by atoms with E-state index in [1.807, 2.05) is 13.0 Å². The average Bonchev–Trinajstić information content (AvgIpc) is 2.70. The normalized spacial score (nSPS) is 20.1. The molecule has 0 spiro atoms. The molecule has 2 aromatic rings. The van der Waals surface area contributed by atoms with Gasteiger partial charge in [-0.25, -0.2) is 0 Å². The van der Waals surface area contributed by atoms with Gasteiger partial charge in [-0.1, -0.05) is 18.5 Å². The number of halogens is 1. The number of aldehydes is 1. The summed E-state index contributed by atoms with van der Waals surface area (Å²) in [6.45, 7) is 4.84. The zero-order valence-corrected chi connectivity index (χ0v) is 15.3. The molecule has 1 saturated heterocycles. The van der Waals surface area contributed by atoms with Crippen molar-refractivity contribution in [2.24, 2.45) is 5.92 Å². The first-order valence-corrected chi connectivity index (χ1v) is 8.95. The molecule has 0 aromatic carbocycles. The summed E-state index contributed by atoms with van der Waals surface area (Å²) >= 11 is 6.55. The fourth-order valence-corrected chi connectivity index (χ4v) is 4.06. The number of nitrogens with one attached hydrogen (secondary N) is 1. The summed E-state index contributed by atoms with van der Waals surface area (Å²) in [7, 11) is 0. The number of nitrogens with zero attached hydrogens (tertiary/aromatic N) is 4. The SMILES string of the molecule is CC(C(O)C=O)C(c1cnccn1)(c1ccncc1Cl)N1CCNCC1. The van der Waals surface area contributed by atoms with Crippen molar-refractivity contribution in [3.05, 3.63) is 53.3 Å². The lowest BCUT2D eigenvalue weighted by atomic mass is 9.72. The van der Waals surface area contributed by atoms with Crippen LogP contribution in [-0.2, 0) is 10.3 Å². The summed E-state index contributed by atoms with van der Waals surface area (Å²) in [5, 5.41) is 14.3. The molecule has 7 nitrogen and oxygen atoms in total. The fourth-order valence-electron chi connectivity index (χ4n) is 3.80. The number of piperazine rings is 1. The van der Waals surface area contributed by atoms with Crippen LogP contribution < -0.4 is 5.32 Å². The van der Waals surface area contributed by atoms with Gasteiger partial charge in [-0.05, 0) is 6.07 Å². The maximum atomic E-state index is 11.5. The van der Waals surface area contributed by atoms with Crippen molar-refractivity contribution in [2.75, 3.05) is 26.2 Å². The molecule has 1 aliphatic heterocycles. The van der Waals surface area contributed by atoms with Gasteiger partial charge in [-0.15, -0.1) is 0 Å². The van der Waals surface area contributed by atoms with E-state index in [4.69, 9.17) is 11.6 Å². The van der Waals surface area contributed by atoms with Crippen LogP contribution in [0.3, 0.4) is 0 Å². The predicted molar refractivity (Wildman–Crippen MR) is 97.7 cm³/mol. The summed E-state index contributed by atoms with van der Waals surface area (Å²) in [5.74, 6) is -0.505. The van der Waals surface area contributed by atoms with Crippen LogP contribution in [0.5, 0.6) is 0 Å². The molecule has 2 aromatic heterocycles. The molecular weight excluding hydrogens is 354 g/mol. The van der Waals surface area contributed by atoms with Gasteiger partial charge in [0.25, 0.3) is 0 Å². The summed E-state index contributed by atoms with van der Waals surface area (Å²) < 4.78 is 0. The standard InChI is InChI=1S/C18H22ClN5O2/c1-13(16(26)12-25)18(17-11-22-4-5-23-17,24-8-6-20-7-9-24)14-2-3-21-10-15(14)19/h2-5,10-13,16,20,26H,6-9H2,1H3. The lowest BCUT2D eigenvalue weighted by Crippen LogP contribution is -2.60. The van der Waals surface area contributed by atoms with Crippen molar-refractivity contribution in [3.63, 3.8) is 0 Å². The Bertz CT molecular complexity index is 741. The lowest BCUT2D eigenvalue weighted by molar-refractivity contribution is -0.120. The van der Waals surface area contributed by atoms with E-state index < -0.39 is 17.6 Å². The zero-order chi connectivity index (χ0) is 18.6. The molecule has 8 heteroatoms. The highest BCUT2D eigenvalue weighted by Gasteiger charge is 2.50. The molecule has 0 bridgehead atoms. The van der Waals surface area contributed by atoms with Crippen LogP contribution in [0, 0.1) is 5.92 Å². The summed E-state index contributed by atoms with van der Waals surface area (Å²) in [4.78, 5) is 26.6. The smallest absolute Gasteiger partial charge is 0.148 e. The molecule has 0 amide bonds. The average molecular weight is 376 g/mol. The third-order valence-electron chi connectivity index (χ3n) is 5.06. The maximum absolute atomic E-state index is 11.5. The largest absolute Gasteiger partial charge is 0.385 e. The number of hydrogen-bond acceptors (Lipinski definition) is 7. The molecule has 3 heterocycles. The van der Waals surface area contributed by atoms with Gasteiger partial charge < -0.3 is 15.2 Å². The second-order valence-electron chi connectivity index (χ2n) is 6.36. The van der Waals surface area contributed by atoms with Crippen molar-refractivity contribution >= 4 is 17.9 Å². The quantitative estimate of drug-likeness (QED) is 0.724. The molecular formula is C18H22ClN5O2. The van der Waals surface area contributed by atoms with Gasteiger partial charge in [-0.2, -0.15) is 0 Å². The van der Waals surface area contributed by atoms with Crippen LogP contribution in [-0.4, -0.2) is 63.5 Å². The Morgan fingerprint density at radius 1 is 1.27 bits per heavy atom. The zero-order valence-electron chi connectivity index (χ0n) is 14.5. The first kappa shape index (κ1) is 18.8. The minimum atomic E-state index is -1.18. The summed E-state index contributed by atoms with van der Waals surface area (Å²) in [6, 6.07) is 1.83. The van der Waals surface area contributed by atoms with E-state index >= 15 is 0 Å². The van der Waals surface area contributed by atoms with Gasteiger partial charge >= 0.3 is 0 Å². The molecule has 138 valence electrons. The minimum Gasteiger partial charge on any atom is -0.385 e. The van der Waals surface area contributed by atoms with Crippen molar-refractivity contribution in [1.29, 1.82) is 0 Å². The lowest BCUT2D eigenvalue weighted by Gasteiger charge is -2.50. The van der Waals surface area contributed by atoms with Gasteiger partial charge in [-0.3, -0.25) is 19.9 Å². The van der Waals surface area contributed by atoms with Crippen LogP contribution in [0.15, 0.2) is 37.1 Å². The molecule has 26 heavy (non-hydrogen) atoms. The first-order valence-electron chi connectivity index (χ1n) is 8.58. The van der Waals surface area contributed by atoms with Crippen molar-refractivity contribution in [2.45, 2.75) is 18.6 Å². The Morgan fingerprint density at radius 3 is 2.62 bits per heavy atom. The van der Waals surface area contributed by atoms with Gasteiger partial charge in [0.15, 0.2) is 0 Å². The Kier molecular flexibility index (Phi) is 5.93. The minimum absolute atomic E-state index is 0.460. The summed E-state index contributed by atoms with van der Waals surface area (Å²) in [5.41, 5.74) is 0.491. The van der Waals surface area contributed by atoms with Gasteiger partial charge in [0.1, 0.15) is 12.4 Å². The Labute approximate surface area is 157 Å². The number of pyridine rings is 1.